The number of thiophene rings is 1. The van der Waals surface area contributed by atoms with Crippen molar-refractivity contribution in [3.63, 3.8) is 0 Å². The van der Waals surface area contributed by atoms with Crippen LogP contribution in [0.5, 0.6) is 0 Å². The Morgan fingerprint density at radius 1 is 1.14 bits per heavy atom. The molecule has 1 saturated heterocycles. The van der Waals surface area contributed by atoms with E-state index in [9.17, 15) is 4.79 Å². The minimum absolute atomic E-state index is 0.123. The van der Waals surface area contributed by atoms with E-state index in [0.29, 0.717) is 11.3 Å². The fourth-order valence-electron chi connectivity index (χ4n) is 2.42. The lowest BCUT2D eigenvalue weighted by Crippen LogP contribution is -2.26. The van der Waals surface area contributed by atoms with Crippen molar-refractivity contribution in [2.45, 2.75) is 25.7 Å². The van der Waals surface area contributed by atoms with Crippen molar-refractivity contribution in [3.8, 4) is 0 Å². The van der Waals surface area contributed by atoms with Crippen LogP contribution in [0.3, 0.4) is 0 Å². The predicted molar refractivity (Wildman–Crippen MR) is 85.0 cm³/mol. The second-order valence-electron chi connectivity index (χ2n) is 5.14. The van der Waals surface area contributed by atoms with E-state index in [1.807, 2.05) is 10.8 Å². The molecule has 3 heterocycles. The van der Waals surface area contributed by atoms with Crippen molar-refractivity contribution in [2.75, 3.05) is 23.3 Å². The maximum Gasteiger partial charge on any atom is 0.256 e. The van der Waals surface area contributed by atoms with Crippen molar-refractivity contribution in [1.29, 1.82) is 0 Å². The average Bonchev–Trinajstić information content (AvgIpc) is 2.91. The standard InChI is InChI=1S/C15H18N4OS/c20-14(12-5-8-21-11-12)18-13-9-16-15(17-10-13)19-6-3-1-2-4-7-19/h5,8-11H,1-4,6-7H2,(H,18,20). The molecule has 110 valence electrons. The molecular formula is C15H18N4OS. The van der Waals surface area contributed by atoms with Gasteiger partial charge in [-0.1, -0.05) is 12.8 Å². The lowest BCUT2D eigenvalue weighted by atomic mass is 10.2. The Labute approximate surface area is 128 Å². The zero-order chi connectivity index (χ0) is 14.5. The van der Waals surface area contributed by atoms with E-state index in [0.717, 1.165) is 19.0 Å². The molecule has 1 N–H and O–H groups in total. The minimum Gasteiger partial charge on any atom is -0.341 e. The molecule has 0 spiro atoms. The van der Waals surface area contributed by atoms with Gasteiger partial charge in [-0.15, -0.1) is 0 Å². The number of nitrogens with zero attached hydrogens (tertiary/aromatic N) is 3. The van der Waals surface area contributed by atoms with Gasteiger partial charge in [-0.2, -0.15) is 11.3 Å². The van der Waals surface area contributed by atoms with Gasteiger partial charge in [0.25, 0.3) is 5.91 Å². The summed E-state index contributed by atoms with van der Waals surface area (Å²) in [7, 11) is 0. The van der Waals surface area contributed by atoms with Gasteiger partial charge >= 0.3 is 0 Å². The molecule has 0 aliphatic carbocycles. The summed E-state index contributed by atoms with van der Waals surface area (Å²) >= 11 is 1.50. The molecule has 5 nitrogen and oxygen atoms in total. The first kappa shape index (κ1) is 14.0. The lowest BCUT2D eigenvalue weighted by Gasteiger charge is -2.19. The molecule has 0 atom stereocenters. The van der Waals surface area contributed by atoms with Crippen LogP contribution in [-0.4, -0.2) is 29.0 Å². The summed E-state index contributed by atoms with van der Waals surface area (Å²) in [5, 5.41) is 6.52. The Kier molecular flexibility index (Phi) is 4.45. The summed E-state index contributed by atoms with van der Waals surface area (Å²) in [6.45, 7) is 2.03. The Morgan fingerprint density at radius 3 is 2.48 bits per heavy atom. The number of hydrogen-bond acceptors (Lipinski definition) is 5. The first-order chi connectivity index (χ1) is 10.3. The van der Waals surface area contributed by atoms with E-state index in [-0.39, 0.29) is 5.91 Å². The first-order valence-electron chi connectivity index (χ1n) is 7.23. The van der Waals surface area contributed by atoms with Gasteiger partial charge < -0.3 is 10.2 Å². The highest BCUT2D eigenvalue weighted by molar-refractivity contribution is 7.08. The summed E-state index contributed by atoms with van der Waals surface area (Å²) < 4.78 is 0. The molecule has 6 heteroatoms. The van der Waals surface area contributed by atoms with Crippen LogP contribution >= 0.6 is 11.3 Å². The number of nitrogens with one attached hydrogen (secondary N) is 1. The van der Waals surface area contributed by atoms with Crippen LogP contribution in [0.2, 0.25) is 0 Å². The minimum atomic E-state index is -0.123. The average molecular weight is 302 g/mol. The Morgan fingerprint density at radius 2 is 1.86 bits per heavy atom. The summed E-state index contributed by atoms with van der Waals surface area (Å²) in [5.41, 5.74) is 1.29. The van der Waals surface area contributed by atoms with Gasteiger partial charge in [-0.3, -0.25) is 4.79 Å². The molecule has 3 rings (SSSR count). The predicted octanol–water partition coefficient (Wildman–Crippen LogP) is 3.17. The highest BCUT2D eigenvalue weighted by atomic mass is 32.1. The van der Waals surface area contributed by atoms with E-state index in [4.69, 9.17) is 0 Å². The fourth-order valence-corrected chi connectivity index (χ4v) is 3.05. The molecule has 0 aromatic carbocycles. The van der Waals surface area contributed by atoms with Crippen molar-refractivity contribution in [2.24, 2.45) is 0 Å². The van der Waals surface area contributed by atoms with E-state index >= 15 is 0 Å². The summed E-state index contributed by atoms with van der Waals surface area (Å²) in [4.78, 5) is 22.9. The maximum atomic E-state index is 11.9. The zero-order valence-corrected chi connectivity index (χ0v) is 12.6. The number of carbonyl (C=O) groups excluding carboxylic acids is 1. The number of anilines is 2. The van der Waals surface area contributed by atoms with Gasteiger partial charge in [0, 0.05) is 18.5 Å². The summed E-state index contributed by atoms with van der Waals surface area (Å²) in [5.74, 6) is 0.632. The Balaban J connectivity index is 1.65. The van der Waals surface area contributed by atoms with Gasteiger partial charge in [0.1, 0.15) is 0 Å². The second-order valence-corrected chi connectivity index (χ2v) is 5.92. The molecular weight excluding hydrogens is 284 g/mol. The number of amides is 1. The van der Waals surface area contributed by atoms with Gasteiger partial charge in [0.15, 0.2) is 0 Å². The van der Waals surface area contributed by atoms with Crippen LogP contribution in [0.15, 0.2) is 29.2 Å². The van der Waals surface area contributed by atoms with E-state index in [1.165, 1.54) is 37.0 Å². The van der Waals surface area contributed by atoms with Crippen molar-refractivity contribution >= 4 is 28.9 Å². The van der Waals surface area contributed by atoms with Crippen molar-refractivity contribution < 1.29 is 4.79 Å². The molecule has 1 fully saturated rings. The second kappa shape index (κ2) is 6.67. The molecule has 2 aromatic heterocycles. The molecule has 0 unspecified atom stereocenters. The smallest absolute Gasteiger partial charge is 0.256 e. The largest absolute Gasteiger partial charge is 0.341 e. The summed E-state index contributed by atoms with van der Waals surface area (Å²) in [6.07, 6.45) is 8.31. The Hall–Kier alpha value is -1.95. The third-order valence-electron chi connectivity index (χ3n) is 3.57. The van der Waals surface area contributed by atoms with E-state index in [2.05, 4.69) is 20.2 Å². The van der Waals surface area contributed by atoms with E-state index in [1.54, 1.807) is 18.5 Å². The van der Waals surface area contributed by atoms with Gasteiger partial charge in [-0.25, -0.2) is 9.97 Å². The van der Waals surface area contributed by atoms with Crippen LogP contribution in [0.4, 0.5) is 11.6 Å². The van der Waals surface area contributed by atoms with Crippen LogP contribution in [0.1, 0.15) is 36.0 Å². The number of rotatable bonds is 3. The van der Waals surface area contributed by atoms with Crippen molar-refractivity contribution in [3.05, 3.63) is 34.8 Å². The lowest BCUT2D eigenvalue weighted by molar-refractivity contribution is 0.102. The van der Waals surface area contributed by atoms with Crippen LogP contribution in [0.25, 0.3) is 0 Å². The molecule has 1 aliphatic rings. The summed E-state index contributed by atoms with van der Waals surface area (Å²) in [6, 6.07) is 1.80. The molecule has 21 heavy (non-hydrogen) atoms. The van der Waals surface area contributed by atoms with Gasteiger partial charge in [-0.05, 0) is 24.3 Å². The quantitative estimate of drug-likeness (QED) is 0.946. The molecule has 0 saturated carbocycles. The van der Waals surface area contributed by atoms with Crippen LogP contribution in [-0.2, 0) is 0 Å². The first-order valence-corrected chi connectivity index (χ1v) is 8.18. The number of carbonyl (C=O) groups is 1. The Bertz CT molecular complexity index is 574. The molecule has 1 aliphatic heterocycles. The van der Waals surface area contributed by atoms with Crippen molar-refractivity contribution in [1.82, 2.24) is 9.97 Å². The molecule has 0 bridgehead atoms. The monoisotopic (exact) mass is 302 g/mol. The SMILES string of the molecule is O=C(Nc1cnc(N2CCCCCC2)nc1)c1ccsc1. The number of hydrogen-bond donors (Lipinski definition) is 1. The van der Waals surface area contributed by atoms with Gasteiger partial charge in [0.05, 0.1) is 23.6 Å². The van der Waals surface area contributed by atoms with Crippen LogP contribution in [0, 0.1) is 0 Å². The van der Waals surface area contributed by atoms with E-state index < -0.39 is 0 Å². The topological polar surface area (TPSA) is 58.1 Å². The molecule has 1 amide bonds. The highest BCUT2D eigenvalue weighted by Crippen LogP contribution is 2.17. The van der Waals surface area contributed by atoms with Crippen LogP contribution < -0.4 is 10.2 Å². The normalized spacial score (nSPS) is 15.5. The molecule has 2 aromatic rings. The highest BCUT2D eigenvalue weighted by Gasteiger charge is 2.13. The maximum absolute atomic E-state index is 11.9. The zero-order valence-electron chi connectivity index (χ0n) is 11.8. The number of aromatic nitrogens is 2. The molecule has 0 radical (unpaired) electrons. The fraction of sp³-hybridized carbons (Fsp3) is 0.400. The van der Waals surface area contributed by atoms with Gasteiger partial charge in [0.2, 0.25) is 5.95 Å². The third-order valence-corrected chi connectivity index (χ3v) is 4.25. The third kappa shape index (κ3) is 3.58.